The van der Waals surface area contributed by atoms with E-state index in [0.29, 0.717) is 0 Å². The van der Waals surface area contributed by atoms with Crippen molar-refractivity contribution in [1.29, 1.82) is 0 Å². The van der Waals surface area contributed by atoms with E-state index in [2.05, 4.69) is 26.2 Å². The fourth-order valence-corrected chi connectivity index (χ4v) is 3.53. The van der Waals surface area contributed by atoms with Gasteiger partial charge in [-0.25, -0.2) is 0 Å². The van der Waals surface area contributed by atoms with E-state index in [4.69, 9.17) is 0 Å². The van der Waals surface area contributed by atoms with Gasteiger partial charge in [0.05, 0.1) is 0 Å². The Morgan fingerprint density at radius 3 is 2.79 bits per heavy atom. The molecule has 1 heteroatoms. The van der Waals surface area contributed by atoms with Crippen LogP contribution in [0.1, 0.15) is 46.0 Å². The molecule has 0 aromatic carbocycles. The van der Waals surface area contributed by atoms with E-state index in [1.54, 1.807) is 0 Å². The van der Waals surface area contributed by atoms with Gasteiger partial charge in [-0.2, -0.15) is 0 Å². The predicted octanol–water partition coefficient (Wildman–Crippen LogP) is 3.06. The monoisotopic (exact) mass is 195 g/mol. The van der Waals surface area contributed by atoms with E-state index in [0.717, 1.165) is 23.2 Å². The number of rotatable bonds is 3. The quantitative estimate of drug-likeness (QED) is 0.730. The maximum atomic E-state index is 3.35. The lowest BCUT2D eigenvalue weighted by Crippen LogP contribution is -2.24. The van der Waals surface area contributed by atoms with E-state index < -0.39 is 0 Å². The highest BCUT2D eigenvalue weighted by atomic mass is 14.8. The molecule has 2 aliphatic rings. The minimum atomic E-state index is 0.788. The lowest BCUT2D eigenvalue weighted by Gasteiger charge is -2.32. The molecule has 0 amide bonds. The summed E-state index contributed by atoms with van der Waals surface area (Å²) in [5, 5.41) is 3.35. The molecule has 2 saturated carbocycles. The third kappa shape index (κ3) is 1.84. The molecule has 2 aliphatic carbocycles. The zero-order chi connectivity index (χ0) is 10.2. The summed E-state index contributed by atoms with van der Waals surface area (Å²) in [7, 11) is 2.09. The van der Waals surface area contributed by atoms with Crippen LogP contribution in [-0.4, -0.2) is 13.6 Å². The van der Waals surface area contributed by atoms with Gasteiger partial charge in [-0.05, 0) is 56.0 Å². The molecule has 0 heterocycles. The molecule has 1 N–H and O–H groups in total. The molecule has 2 rings (SSSR count). The summed E-state index contributed by atoms with van der Waals surface area (Å²) >= 11 is 0. The fourth-order valence-electron chi connectivity index (χ4n) is 3.53. The molecular weight excluding hydrogens is 170 g/mol. The van der Waals surface area contributed by atoms with Crippen molar-refractivity contribution in [3.05, 3.63) is 0 Å². The maximum Gasteiger partial charge on any atom is -0.00180 e. The predicted molar refractivity (Wildman–Crippen MR) is 61.3 cm³/mol. The molecule has 0 bridgehead atoms. The van der Waals surface area contributed by atoms with Crippen LogP contribution in [-0.2, 0) is 0 Å². The summed E-state index contributed by atoms with van der Waals surface area (Å²) in [5.74, 6) is 2.93. The van der Waals surface area contributed by atoms with Gasteiger partial charge in [0.1, 0.15) is 0 Å². The molecule has 1 nitrogen and oxygen atoms in total. The van der Waals surface area contributed by atoms with E-state index in [1.165, 1.54) is 38.6 Å². The zero-order valence-electron chi connectivity index (χ0n) is 9.97. The molecule has 0 aromatic heterocycles. The lowest BCUT2D eigenvalue weighted by atomic mass is 9.73. The minimum absolute atomic E-state index is 0.788. The van der Waals surface area contributed by atoms with Gasteiger partial charge in [0.2, 0.25) is 0 Å². The number of hydrogen-bond donors (Lipinski definition) is 1. The average molecular weight is 195 g/mol. The second kappa shape index (κ2) is 3.84. The van der Waals surface area contributed by atoms with E-state index >= 15 is 0 Å². The van der Waals surface area contributed by atoms with Crippen LogP contribution in [0, 0.1) is 23.2 Å². The molecule has 0 radical (unpaired) electrons. The molecule has 1 spiro atoms. The minimum Gasteiger partial charge on any atom is -0.319 e. The van der Waals surface area contributed by atoms with Crippen molar-refractivity contribution in [2.45, 2.75) is 46.0 Å². The first-order valence-electron chi connectivity index (χ1n) is 6.32. The van der Waals surface area contributed by atoms with E-state index in [1.807, 2.05) is 0 Å². The number of hydrogen-bond acceptors (Lipinski definition) is 1. The van der Waals surface area contributed by atoms with E-state index in [-0.39, 0.29) is 0 Å². The van der Waals surface area contributed by atoms with Crippen LogP contribution >= 0.6 is 0 Å². The summed E-state index contributed by atoms with van der Waals surface area (Å²) in [4.78, 5) is 0. The first-order chi connectivity index (χ1) is 6.68. The van der Waals surface area contributed by atoms with Crippen molar-refractivity contribution >= 4 is 0 Å². The van der Waals surface area contributed by atoms with Gasteiger partial charge in [-0.15, -0.1) is 0 Å². The second-order valence-corrected chi connectivity index (χ2v) is 5.92. The Balaban J connectivity index is 1.89. The summed E-state index contributed by atoms with van der Waals surface area (Å²) in [6, 6.07) is 0. The molecule has 0 aromatic rings. The summed E-state index contributed by atoms with van der Waals surface area (Å²) in [6.45, 7) is 6.06. The van der Waals surface area contributed by atoms with Crippen LogP contribution in [0.4, 0.5) is 0 Å². The molecule has 3 unspecified atom stereocenters. The Morgan fingerprint density at radius 2 is 2.14 bits per heavy atom. The van der Waals surface area contributed by atoms with Gasteiger partial charge in [-0.3, -0.25) is 0 Å². The standard InChI is InChI=1S/C13H25N/c1-10(2)11-5-4-6-13(7-11)8-12(13)9-14-3/h10-12,14H,4-9H2,1-3H3. The zero-order valence-corrected chi connectivity index (χ0v) is 9.97. The molecule has 3 atom stereocenters. The summed E-state index contributed by atoms with van der Waals surface area (Å²) in [6.07, 6.45) is 7.53. The first-order valence-corrected chi connectivity index (χ1v) is 6.32. The normalized spacial score (nSPS) is 42.0. The third-order valence-electron chi connectivity index (χ3n) is 4.67. The maximum absolute atomic E-state index is 3.35. The smallest absolute Gasteiger partial charge is 0.00180 e. The molecular formula is C13H25N. The fraction of sp³-hybridized carbons (Fsp3) is 1.00. The van der Waals surface area contributed by atoms with Crippen molar-refractivity contribution < 1.29 is 0 Å². The van der Waals surface area contributed by atoms with Crippen LogP contribution in [0.5, 0.6) is 0 Å². The van der Waals surface area contributed by atoms with Gasteiger partial charge >= 0.3 is 0 Å². The van der Waals surface area contributed by atoms with Crippen molar-refractivity contribution in [3.63, 3.8) is 0 Å². The van der Waals surface area contributed by atoms with Crippen molar-refractivity contribution in [1.82, 2.24) is 5.32 Å². The number of nitrogens with one attached hydrogen (secondary N) is 1. The highest BCUT2D eigenvalue weighted by molar-refractivity contribution is 5.05. The summed E-state index contributed by atoms with van der Waals surface area (Å²) < 4.78 is 0. The van der Waals surface area contributed by atoms with Crippen LogP contribution in [0.2, 0.25) is 0 Å². The van der Waals surface area contributed by atoms with E-state index in [9.17, 15) is 0 Å². The third-order valence-corrected chi connectivity index (χ3v) is 4.67. The van der Waals surface area contributed by atoms with Gasteiger partial charge in [0, 0.05) is 0 Å². The van der Waals surface area contributed by atoms with Gasteiger partial charge in [0.15, 0.2) is 0 Å². The Kier molecular flexibility index (Phi) is 2.88. The van der Waals surface area contributed by atoms with Gasteiger partial charge < -0.3 is 5.32 Å². The molecule has 0 saturated heterocycles. The summed E-state index contributed by atoms with van der Waals surface area (Å²) in [5.41, 5.74) is 0.788. The highest BCUT2D eigenvalue weighted by Gasteiger charge is 2.54. The van der Waals surface area contributed by atoms with Gasteiger partial charge in [-0.1, -0.05) is 26.7 Å². The first kappa shape index (κ1) is 10.5. The Bertz CT molecular complexity index is 199. The van der Waals surface area contributed by atoms with Crippen molar-refractivity contribution in [2.75, 3.05) is 13.6 Å². The van der Waals surface area contributed by atoms with Crippen LogP contribution in [0.15, 0.2) is 0 Å². The van der Waals surface area contributed by atoms with Crippen LogP contribution in [0.25, 0.3) is 0 Å². The van der Waals surface area contributed by atoms with Crippen LogP contribution in [0.3, 0.4) is 0 Å². The highest BCUT2D eigenvalue weighted by Crippen LogP contribution is 2.62. The van der Waals surface area contributed by atoms with Gasteiger partial charge in [0.25, 0.3) is 0 Å². The molecule has 2 fully saturated rings. The SMILES string of the molecule is CNCC1CC12CCCC(C(C)C)C2. The average Bonchev–Trinajstić information content (AvgIpc) is 2.79. The molecule has 82 valence electrons. The molecule has 0 aliphatic heterocycles. The topological polar surface area (TPSA) is 12.0 Å². The largest absolute Gasteiger partial charge is 0.319 e. The Morgan fingerprint density at radius 1 is 1.36 bits per heavy atom. The Labute approximate surface area is 88.7 Å². The second-order valence-electron chi connectivity index (χ2n) is 5.92. The van der Waals surface area contributed by atoms with Crippen LogP contribution < -0.4 is 5.32 Å². The molecule has 14 heavy (non-hydrogen) atoms. The van der Waals surface area contributed by atoms with Crippen molar-refractivity contribution in [2.24, 2.45) is 23.2 Å². The Hall–Kier alpha value is -0.0400. The van der Waals surface area contributed by atoms with Crippen molar-refractivity contribution in [3.8, 4) is 0 Å². The lowest BCUT2D eigenvalue weighted by molar-refractivity contribution is 0.185.